The van der Waals surface area contributed by atoms with Crippen molar-refractivity contribution in [2.75, 3.05) is 26.4 Å². The summed E-state index contributed by atoms with van der Waals surface area (Å²) in [4.78, 5) is 0. The SMILES string of the molecule is CCCCCCCCCCCCCCCCOCC(CO)OCC(F)(F)F. The third-order valence-electron chi connectivity index (χ3n) is 4.63. The number of hydrogen-bond donors (Lipinski definition) is 1. The Labute approximate surface area is 164 Å². The Morgan fingerprint density at radius 3 is 1.59 bits per heavy atom. The monoisotopic (exact) mass is 398 g/mol. The summed E-state index contributed by atoms with van der Waals surface area (Å²) in [6.07, 6.45) is 12.7. The van der Waals surface area contributed by atoms with Crippen molar-refractivity contribution in [3.63, 3.8) is 0 Å². The Morgan fingerprint density at radius 2 is 1.19 bits per heavy atom. The van der Waals surface area contributed by atoms with E-state index in [1.807, 2.05) is 0 Å². The minimum Gasteiger partial charge on any atom is -0.394 e. The average molecular weight is 399 g/mol. The molecule has 0 heterocycles. The second-order valence-corrected chi connectivity index (χ2v) is 7.40. The van der Waals surface area contributed by atoms with E-state index >= 15 is 0 Å². The molecular weight excluding hydrogens is 357 g/mol. The van der Waals surface area contributed by atoms with Crippen LogP contribution in [0.1, 0.15) is 96.8 Å². The summed E-state index contributed by atoms with van der Waals surface area (Å²) in [7, 11) is 0. The number of rotatable bonds is 20. The number of aliphatic hydroxyl groups excluding tert-OH is 1. The molecule has 0 bridgehead atoms. The van der Waals surface area contributed by atoms with E-state index in [2.05, 4.69) is 11.7 Å². The van der Waals surface area contributed by atoms with Gasteiger partial charge < -0.3 is 14.6 Å². The molecule has 0 aliphatic heterocycles. The largest absolute Gasteiger partial charge is 0.411 e. The van der Waals surface area contributed by atoms with Gasteiger partial charge in [-0.2, -0.15) is 13.2 Å². The van der Waals surface area contributed by atoms with Crippen LogP contribution in [-0.4, -0.2) is 43.8 Å². The molecule has 1 atom stereocenters. The number of alkyl halides is 3. The summed E-state index contributed by atoms with van der Waals surface area (Å²) in [6.45, 7) is 0.946. The van der Waals surface area contributed by atoms with Gasteiger partial charge in [0.15, 0.2) is 0 Å². The van der Waals surface area contributed by atoms with E-state index in [0.29, 0.717) is 6.61 Å². The molecule has 1 unspecified atom stereocenters. The first-order chi connectivity index (χ1) is 13.0. The number of aliphatic hydroxyl groups is 1. The summed E-state index contributed by atoms with van der Waals surface area (Å²) in [5.41, 5.74) is 0. The predicted octanol–water partition coefficient (Wildman–Crippen LogP) is 6.42. The highest BCUT2D eigenvalue weighted by Crippen LogP contribution is 2.16. The molecule has 0 rings (SSSR count). The Kier molecular flexibility index (Phi) is 18.8. The van der Waals surface area contributed by atoms with Crippen molar-refractivity contribution >= 4 is 0 Å². The summed E-state index contributed by atoms with van der Waals surface area (Å²) in [5.74, 6) is 0. The maximum absolute atomic E-state index is 12.0. The maximum Gasteiger partial charge on any atom is 0.411 e. The lowest BCUT2D eigenvalue weighted by atomic mass is 10.0. The molecule has 1 N–H and O–H groups in total. The fraction of sp³-hybridized carbons (Fsp3) is 1.00. The van der Waals surface area contributed by atoms with Crippen molar-refractivity contribution in [1.82, 2.24) is 0 Å². The van der Waals surface area contributed by atoms with Crippen LogP contribution in [0.5, 0.6) is 0 Å². The van der Waals surface area contributed by atoms with E-state index in [1.54, 1.807) is 0 Å². The van der Waals surface area contributed by atoms with E-state index in [4.69, 9.17) is 9.84 Å². The zero-order valence-corrected chi connectivity index (χ0v) is 17.2. The smallest absolute Gasteiger partial charge is 0.394 e. The molecule has 0 saturated carbocycles. The molecule has 164 valence electrons. The zero-order chi connectivity index (χ0) is 20.2. The summed E-state index contributed by atoms with van der Waals surface area (Å²) in [6, 6.07) is 0. The van der Waals surface area contributed by atoms with Gasteiger partial charge in [-0.3, -0.25) is 0 Å². The lowest BCUT2D eigenvalue weighted by Crippen LogP contribution is -2.29. The van der Waals surface area contributed by atoms with Gasteiger partial charge in [0.05, 0.1) is 13.2 Å². The molecule has 0 aliphatic carbocycles. The quantitative estimate of drug-likeness (QED) is 0.240. The van der Waals surface area contributed by atoms with Crippen molar-refractivity contribution in [3.05, 3.63) is 0 Å². The molecule has 0 aliphatic rings. The maximum atomic E-state index is 12.0. The Hall–Kier alpha value is -0.330. The van der Waals surface area contributed by atoms with Crippen LogP contribution in [0.25, 0.3) is 0 Å². The fourth-order valence-electron chi connectivity index (χ4n) is 2.98. The normalized spacial score (nSPS) is 13.2. The lowest BCUT2D eigenvalue weighted by Gasteiger charge is -2.16. The van der Waals surface area contributed by atoms with Gasteiger partial charge in [-0.15, -0.1) is 0 Å². The van der Waals surface area contributed by atoms with Crippen LogP contribution < -0.4 is 0 Å². The number of hydrogen-bond acceptors (Lipinski definition) is 3. The first kappa shape index (κ1) is 26.7. The van der Waals surface area contributed by atoms with E-state index in [-0.39, 0.29) is 6.61 Å². The number of unbranched alkanes of at least 4 members (excludes halogenated alkanes) is 13. The van der Waals surface area contributed by atoms with Gasteiger partial charge in [-0.25, -0.2) is 0 Å². The third kappa shape index (κ3) is 21.8. The fourth-order valence-corrected chi connectivity index (χ4v) is 2.98. The van der Waals surface area contributed by atoms with Gasteiger partial charge in [0, 0.05) is 6.61 Å². The van der Waals surface area contributed by atoms with E-state index in [1.165, 1.54) is 77.0 Å². The Morgan fingerprint density at radius 1 is 0.741 bits per heavy atom. The molecular formula is C21H41F3O3. The third-order valence-corrected chi connectivity index (χ3v) is 4.63. The molecule has 0 aromatic carbocycles. The van der Waals surface area contributed by atoms with Crippen LogP contribution in [0.2, 0.25) is 0 Å². The second-order valence-electron chi connectivity index (χ2n) is 7.40. The van der Waals surface area contributed by atoms with Gasteiger partial charge >= 0.3 is 6.18 Å². The van der Waals surface area contributed by atoms with E-state index in [9.17, 15) is 13.2 Å². The minimum atomic E-state index is -4.37. The molecule has 6 heteroatoms. The van der Waals surface area contributed by atoms with Gasteiger partial charge in [0.2, 0.25) is 0 Å². The Balaban J connectivity index is 3.24. The van der Waals surface area contributed by atoms with Crippen LogP contribution in [0, 0.1) is 0 Å². The van der Waals surface area contributed by atoms with Crippen molar-refractivity contribution in [2.24, 2.45) is 0 Å². The van der Waals surface area contributed by atoms with Crippen molar-refractivity contribution in [2.45, 2.75) is 109 Å². The van der Waals surface area contributed by atoms with Crippen molar-refractivity contribution in [1.29, 1.82) is 0 Å². The highest BCUT2D eigenvalue weighted by atomic mass is 19.4. The van der Waals surface area contributed by atoms with Crippen molar-refractivity contribution in [3.8, 4) is 0 Å². The van der Waals surface area contributed by atoms with Crippen LogP contribution in [0.15, 0.2) is 0 Å². The predicted molar refractivity (Wildman–Crippen MR) is 104 cm³/mol. The van der Waals surface area contributed by atoms with Gasteiger partial charge in [0.25, 0.3) is 0 Å². The van der Waals surface area contributed by atoms with Crippen LogP contribution >= 0.6 is 0 Å². The van der Waals surface area contributed by atoms with Gasteiger partial charge in [0.1, 0.15) is 12.7 Å². The molecule has 0 aromatic rings. The minimum absolute atomic E-state index is 0.00498. The van der Waals surface area contributed by atoms with Crippen LogP contribution in [-0.2, 0) is 9.47 Å². The standard InChI is InChI=1S/C21H41F3O3/c1-2-3-4-5-6-7-8-9-10-11-12-13-14-15-16-26-18-20(17-25)27-19-21(22,23)24/h20,25H,2-19H2,1H3. The van der Waals surface area contributed by atoms with Crippen LogP contribution in [0.3, 0.4) is 0 Å². The lowest BCUT2D eigenvalue weighted by molar-refractivity contribution is -0.194. The number of halogens is 3. The molecule has 0 radical (unpaired) electrons. The molecule has 3 nitrogen and oxygen atoms in total. The van der Waals surface area contributed by atoms with Gasteiger partial charge in [-0.05, 0) is 6.42 Å². The first-order valence-corrected chi connectivity index (χ1v) is 10.9. The molecule has 0 spiro atoms. The van der Waals surface area contributed by atoms with Gasteiger partial charge in [-0.1, -0.05) is 90.4 Å². The highest BCUT2D eigenvalue weighted by Gasteiger charge is 2.29. The topological polar surface area (TPSA) is 38.7 Å². The van der Waals surface area contributed by atoms with Crippen LogP contribution in [0.4, 0.5) is 13.2 Å². The average Bonchev–Trinajstić information content (AvgIpc) is 2.63. The molecule has 0 aromatic heterocycles. The first-order valence-electron chi connectivity index (χ1n) is 10.9. The highest BCUT2D eigenvalue weighted by molar-refractivity contribution is 4.57. The molecule has 27 heavy (non-hydrogen) atoms. The summed E-state index contributed by atoms with van der Waals surface area (Å²) in [5, 5.41) is 8.98. The zero-order valence-electron chi connectivity index (χ0n) is 17.2. The molecule has 0 saturated heterocycles. The van der Waals surface area contributed by atoms with E-state index in [0.717, 1.165) is 12.8 Å². The summed E-state index contributed by atoms with van der Waals surface area (Å²) >= 11 is 0. The number of ether oxygens (including phenoxy) is 2. The second kappa shape index (κ2) is 19.0. The van der Waals surface area contributed by atoms with Crippen molar-refractivity contribution < 1.29 is 27.8 Å². The Bertz CT molecular complexity index is 299. The molecule has 0 amide bonds. The summed E-state index contributed by atoms with van der Waals surface area (Å²) < 4.78 is 46.0. The molecule has 0 fully saturated rings. The van der Waals surface area contributed by atoms with E-state index < -0.39 is 25.5 Å².